The van der Waals surface area contributed by atoms with Crippen LogP contribution in [-0.4, -0.2) is 6.04 Å². The molecule has 0 spiro atoms. The van der Waals surface area contributed by atoms with Crippen LogP contribution in [-0.2, 0) is 6.54 Å². The summed E-state index contributed by atoms with van der Waals surface area (Å²) in [6, 6.07) is 11.5. The van der Waals surface area contributed by atoms with Crippen LogP contribution in [0, 0.1) is 0 Å². The van der Waals surface area contributed by atoms with Crippen LogP contribution in [0.3, 0.4) is 0 Å². The van der Waals surface area contributed by atoms with Gasteiger partial charge in [0.15, 0.2) is 0 Å². The van der Waals surface area contributed by atoms with Crippen molar-refractivity contribution in [3.05, 3.63) is 56.5 Å². The van der Waals surface area contributed by atoms with Gasteiger partial charge in [-0.2, -0.15) is 0 Å². The molecular formula is C16H16BrCl2NO. The molecule has 0 bridgehead atoms. The Bertz CT molecular complexity index is 632. The largest absolute Gasteiger partial charge is 0.455 e. The van der Waals surface area contributed by atoms with Crippen molar-refractivity contribution < 1.29 is 4.74 Å². The number of benzene rings is 2. The molecule has 0 aliphatic heterocycles. The summed E-state index contributed by atoms with van der Waals surface area (Å²) >= 11 is 15.6. The number of hydrogen-bond acceptors (Lipinski definition) is 2. The fourth-order valence-electron chi connectivity index (χ4n) is 1.78. The lowest BCUT2D eigenvalue weighted by atomic mass is 10.2. The first-order valence-electron chi connectivity index (χ1n) is 6.60. The second-order valence-corrected chi connectivity index (χ2v) is 6.72. The van der Waals surface area contributed by atoms with Crippen LogP contribution in [0.2, 0.25) is 10.0 Å². The molecule has 0 amide bonds. The summed E-state index contributed by atoms with van der Waals surface area (Å²) < 4.78 is 6.85. The molecule has 21 heavy (non-hydrogen) atoms. The highest BCUT2D eigenvalue weighted by molar-refractivity contribution is 9.10. The highest BCUT2D eigenvalue weighted by Gasteiger charge is 2.09. The highest BCUT2D eigenvalue weighted by Crippen LogP contribution is 2.34. The molecule has 112 valence electrons. The van der Waals surface area contributed by atoms with Gasteiger partial charge in [0.1, 0.15) is 11.5 Å². The second-order valence-electron chi connectivity index (χ2n) is 4.96. The van der Waals surface area contributed by atoms with Gasteiger partial charge < -0.3 is 10.1 Å². The maximum atomic E-state index is 6.19. The fourth-order valence-corrected chi connectivity index (χ4v) is 2.68. The Labute approximate surface area is 143 Å². The molecule has 0 aromatic heterocycles. The summed E-state index contributed by atoms with van der Waals surface area (Å²) in [4.78, 5) is 0. The Morgan fingerprint density at radius 3 is 2.48 bits per heavy atom. The molecule has 0 aliphatic rings. The molecule has 0 saturated carbocycles. The zero-order chi connectivity index (χ0) is 15.4. The summed E-state index contributed by atoms with van der Waals surface area (Å²) in [5.74, 6) is 1.37. The first-order chi connectivity index (χ1) is 9.95. The van der Waals surface area contributed by atoms with Crippen molar-refractivity contribution in [3.63, 3.8) is 0 Å². The predicted octanol–water partition coefficient (Wildman–Crippen LogP) is 6.05. The second kappa shape index (κ2) is 7.50. The van der Waals surface area contributed by atoms with Crippen LogP contribution in [0.15, 0.2) is 40.9 Å². The van der Waals surface area contributed by atoms with Gasteiger partial charge in [0.25, 0.3) is 0 Å². The zero-order valence-corrected chi connectivity index (χ0v) is 14.9. The summed E-state index contributed by atoms with van der Waals surface area (Å²) in [5.41, 5.74) is 0.996. The van der Waals surface area contributed by atoms with Gasteiger partial charge in [0.05, 0.1) is 5.02 Å². The standard InChI is InChI=1S/C16H16BrCl2NO/c1-10(2)20-9-11-7-13(18)4-6-15(11)21-16-5-3-12(17)8-14(16)19/h3-8,10,20H,9H2,1-2H3. The van der Waals surface area contributed by atoms with Crippen LogP contribution in [0.25, 0.3) is 0 Å². The van der Waals surface area contributed by atoms with Crippen LogP contribution in [0.1, 0.15) is 19.4 Å². The molecule has 2 aromatic rings. The average Bonchev–Trinajstić information content (AvgIpc) is 2.41. The lowest BCUT2D eigenvalue weighted by Crippen LogP contribution is -2.22. The molecule has 0 fully saturated rings. The molecule has 0 unspecified atom stereocenters. The lowest BCUT2D eigenvalue weighted by molar-refractivity contribution is 0.469. The number of hydrogen-bond donors (Lipinski definition) is 1. The van der Waals surface area contributed by atoms with Crippen molar-refractivity contribution in [2.45, 2.75) is 26.4 Å². The fraction of sp³-hybridized carbons (Fsp3) is 0.250. The molecule has 0 heterocycles. The number of nitrogens with one attached hydrogen (secondary N) is 1. The Morgan fingerprint density at radius 1 is 1.10 bits per heavy atom. The Balaban J connectivity index is 2.26. The van der Waals surface area contributed by atoms with Gasteiger partial charge in [-0.3, -0.25) is 0 Å². The number of rotatable bonds is 5. The van der Waals surface area contributed by atoms with Crippen molar-refractivity contribution in [3.8, 4) is 11.5 Å². The minimum absolute atomic E-state index is 0.383. The first kappa shape index (κ1) is 16.6. The van der Waals surface area contributed by atoms with E-state index in [9.17, 15) is 0 Å². The first-order valence-corrected chi connectivity index (χ1v) is 8.15. The molecule has 2 aromatic carbocycles. The Kier molecular flexibility index (Phi) is 5.94. The van der Waals surface area contributed by atoms with E-state index in [-0.39, 0.29) is 0 Å². The molecule has 5 heteroatoms. The number of ether oxygens (including phenoxy) is 1. The van der Waals surface area contributed by atoms with Crippen molar-refractivity contribution in [2.24, 2.45) is 0 Å². The average molecular weight is 389 g/mol. The van der Waals surface area contributed by atoms with Gasteiger partial charge in [-0.25, -0.2) is 0 Å². The van der Waals surface area contributed by atoms with E-state index < -0.39 is 0 Å². The molecule has 2 nitrogen and oxygen atoms in total. The maximum absolute atomic E-state index is 6.19. The van der Waals surface area contributed by atoms with Crippen molar-refractivity contribution >= 4 is 39.1 Å². The Hall–Kier alpha value is -0.740. The molecule has 0 atom stereocenters. The minimum Gasteiger partial charge on any atom is -0.455 e. The van der Waals surface area contributed by atoms with E-state index in [2.05, 4.69) is 35.1 Å². The summed E-state index contributed by atoms with van der Waals surface area (Å²) in [6.45, 7) is 4.87. The third-order valence-electron chi connectivity index (χ3n) is 2.84. The number of halogens is 3. The topological polar surface area (TPSA) is 21.3 Å². The minimum atomic E-state index is 0.383. The summed E-state index contributed by atoms with van der Waals surface area (Å²) in [7, 11) is 0. The van der Waals surface area contributed by atoms with Gasteiger partial charge in [0.2, 0.25) is 0 Å². The van der Waals surface area contributed by atoms with E-state index >= 15 is 0 Å². The van der Waals surface area contributed by atoms with E-state index in [4.69, 9.17) is 27.9 Å². The van der Waals surface area contributed by atoms with Crippen LogP contribution in [0.5, 0.6) is 11.5 Å². The molecule has 0 aliphatic carbocycles. The van der Waals surface area contributed by atoms with Crippen LogP contribution < -0.4 is 10.1 Å². The van der Waals surface area contributed by atoms with Gasteiger partial charge in [0, 0.05) is 27.6 Å². The maximum Gasteiger partial charge on any atom is 0.146 e. The van der Waals surface area contributed by atoms with Gasteiger partial charge in [-0.15, -0.1) is 0 Å². The van der Waals surface area contributed by atoms with Gasteiger partial charge >= 0.3 is 0 Å². The molecule has 2 rings (SSSR count). The molecular weight excluding hydrogens is 373 g/mol. The van der Waals surface area contributed by atoms with Crippen LogP contribution in [0.4, 0.5) is 0 Å². The Morgan fingerprint density at radius 2 is 1.81 bits per heavy atom. The van der Waals surface area contributed by atoms with E-state index in [1.165, 1.54) is 0 Å². The predicted molar refractivity (Wildman–Crippen MR) is 92.7 cm³/mol. The third kappa shape index (κ3) is 4.89. The van der Waals surface area contributed by atoms with Crippen molar-refractivity contribution in [1.29, 1.82) is 0 Å². The normalized spacial score (nSPS) is 11.0. The quantitative estimate of drug-likeness (QED) is 0.673. The van der Waals surface area contributed by atoms with Gasteiger partial charge in [-0.05, 0) is 36.4 Å². The lowest BCUT2D eigenvalue weighted by Gasteiger charge is -2.14. The third-order valence-corrected chi connectivity index (χ3v) is 3.86. The summed E-state index contributed by atoms with van der Waals surface area (Å²) in [5, 5.41) is 4.60. The van der Waals surface area contributed by atoms with E-state index in [0.29, 0.717) is 28.4 Å². The van der Waals surface area contributed by atoms with E-state index in [1.54, 1.807) is 6.07 Å². The van der Waals surface area contributed by atoms with Crippen molar-refractivity contribution in [1.82, 2.24) is 5.32 Å². The monoisotopic (exact) mass is 387 g/mol. The smallest absolute Gasteiger partial charge is 0.146 e. The zero-order valence-electron chi connectivity index (χ0n) is 11.8. The molecule has 0 radical (unpaired) electrons. The van der Waals surface area contributed by atoms with Crippen molar-refractivity contribution in [2.75, 3.05) is 0 Å². The highest BCUT2D eigenvalue weighted by atomic mass is 79.9. The van der Waals surface area contributed by atoms with Gasteiger partial charge in [-0.1, -0.05) is 53.0 Å². The molecule has 1 N–H and O–H groups in total. The van der Waals surface area contributed by atoms with E-state index in [0.717, 1.165) is 15.8 Å². The molecule has 0 saturated heterocycles. The SMILES string of the molecule is CC(C)NCc1cc(Cl)ccc1Oc1ccc(Br)cc1Cl. The van der Waals surface area contributed by atoms with Crippen LogP contribution >= 0.6 is 39.1 Å². The summed E-state index contributed by atoms with van der Waals surface area (Å²) in [6.07, 6.45) is 0. The van der Waals surface area contributed by atoms with E-state index in [1.807, 2.05) is 30.3 Å².